The summed E-state index contributed by atoms with van der Waals surface area (Å²) >= 11 is 18.5. The first-order valence-electron chi connectivity index (χ1n) is 10.7. The van der Waals surface area contributed by atoms with Crippen LogP contribution in [0.15, 0.2) is 30.3 Å². The minimum absolute atomic E-state index is 0.00364. The molecule has 0 spiro atoms. The number of hydrogen-bond acceptors (Lipinski definition) is 3. The third-order valence-electron chi connectivity index (χ3n) is 5.79. The molecule has 0 saturated carbocycles. The number of anilines is 1. The number of halogens is 4. The minimum atomic E-state index is -0.539. The summed E-state index contributed by atoms with van der Waals surface area (Å²) in [7, 11) is 0. The van der Waals surface area contributed by atoms with Crippen LogP contribution in [0, 0.1) is 17.1 Å². The summed E-state index contributed by atoms with van der Waals surface area (Å²) in [4.78, 5) is 16.6. The van der Waals surface area contributed by atoms with Crippen LogP contribution in [-0.2, 0) is 11.3 Å². The molecule has 0 bridgehead atoms. The standard InChI is InChI=1S/C24H25Cl3FN3O/c1-2-3-4-5-24(32)30-9-8-19(15-30)31(18-7-6-16(13-29)20(25)11-18)14-17-10-23(28)22(27)12-21(17)26/h6-7,10-12,19H,2-5,8-9,14-15H2,1H3/t19-/m0/s1. The van der Waals surface area contributed by atoms with Crippen molar-refractivity contribution in [1.82, 2.24) is 4.90 Å². The van der Waals surface area contributed by atoms with E-state index in [2.05, 4.69) is 17.9 Å². The fourth-order valence-electron chi connectivity index (χ4n) is 3.98. The van der Waals surface area contributed by atoms with E-state index in [1.165, 1.54) is 12.1 Å². The quantitative estimate of drug-likeness (QED) is 0.297. The van der Waals surface area contributed by atoms with Crippen LogP contribution in [0.4, 0.5) is 10.1 Å². The first kappa shape index (κ1) is 24.6. The molecule has 2 aromatic rings. The van der Waals surface area contributed by atoms with E-state index in [1.807, 2.05) is 11.0 Å². The van der Waals surface area contributed by atoms with Gasteiger partial charge in [0.1, 0.15) is 11.9 Å². The van der Waals surface area contributed by atoms with Crippen LogP contribution in [0.5, 0.6) is 0 Å². The predicted octanol–water partition coefficient (Wildman–Crippen LogP) is 6.85. The lowest BCUT2D eigenvalue weighted by Crippen LogP contribution is -2.38. The van der Waals surface area contributed by atoms with Crippen LogP contribution < -0.4 is 4.90 Å². The summed E-state index contributed by atoms with van der Waals surface area (Å²) in [5.41, 5.74) is 1.75. The number of nitrogens with zero attached hydrogens (tertiary/aromatic N) is 3. The maximum absolute atomic E-state index is 14.1. The fourth-order valence-corrected chi connectivity index (χ4v) is 4.64. The van der Waals surface area contributed by atoms with Gasteiger partial charge in [-0.1, -0.05) is 54.6 Å². The van der Waals surface area contributed by atoms with Crippen molar-refractivity contribution in [2.45, 2.75) is 51.6 Å². The van der Waals surface area contributed by atoms with E-state index >= 15 is 0 Å². The highest BCUT2D eigenvalue weighted by molar-refractivity contribution is 6.35. The fraction of sp³-hybridized carbons (Fsp3) is 0.417. The highest BCUT2D eigenvalue weighted by atomic mass is 35.5. The highest BCUT2D eigenvalue weighted by Crippen LogP contribution is 2.32. The molecule has 2 aromatic carbocycles. The molecular weight excluding hydrogens is 472 g/mol. The number of carbonyl (C=O) groups excluding carboxylic acids is 1. The highest BCUT2D eigenvalue weighted by Gasteiger charge is 2.31. The molecule has 8 heteroatoms. The van der Waals surface area contributed by atoms with Crippen LogP contribution in [0.1, 0.15) is 50.2 Å². The van der Waals surface area contributed by atoms with E-state index in [4.69, 9.17) is 34.8 Å². The third-order valence-corrected chi connectivity index (χ3v) is 6.74. The molecule has 0 aliphatic carbocycles. The van der Waals surface area contributed by atoms with Crippen molar-refractivity contribution in [2.75, 3.05) is 18.0 Å². The summed E-state index contributed by atoms with van der Waals surface area (Å²) < 4.78 is 14.1. The predicted molar refractivity (Wildman–Crippen MR) is 128 cm³/mol. The zero-order chi connectivity index (χ0) is 23.3. The Morgan fingerprint density at radius 1 is 1.19 bits per heavy atom. The second-order valence-electron chi connectivity index (χ2n) is 8.00. The number of hydrogen-bond donors (Lipinski definition) is 0. The van der Waals surface area contributed by atoms with E-state index in [-0.39, 0.29) is 17.0 Å². The van der Waals surface area contributed by atoms with Crippen LogP contribution >= 0.6 is 34.8 Å². The molecule has 0 aromatic heterocycles. The lowest BCUT2D eigenvalue weighted by atomic mass is 10.1. The number of carbonyl (C=O) groups is 1. The number of amides is 1. The number of rotatable bonds is 8. The van der Waals surface area contributed by atoms with Crippen LogP contribution in [0.2, 0.25) is 15.1 Å². The molecule has 3 rings (SSSR count). The Hall–Kier alpha value is -2.00. The first-order chi connectivity index (χ1) is 15.3. The van der Waals surface area contributed by atoms with Gasteiger partial charge < -0.3 is 9.80 Å². The van der Waals surface area contributed by atoms with Crippen LogP contribution in [0.3, 0.4) is 0 Å². The number of likely N-dealkylation sites (tertiary alicyclic amines) is 1. The summed E-state index contributed by atoms with van der Waals surface area (Å²) in [5.74, 6) is -0.377. The minimum Gasteiger partial charge on any atom is -0.362 e. The van der Waals surface area contributed by atoms with E-state index in [0.717, 1.165) is 31.4 Å². The van der Waals surface area contributed by atoms with Gasteiger partial charge in [0.15, 0.2) is 0 Å². The Morgan fingerprint density at radius 2 is 1.97 bits per heavy atom. The second kappa shape index (κ2) is 11.2. The van der Waals surface area contributed by atoms with Gasteiger partial charge in [-0.25, -0.2) is 4.39 Å². The average Bonchev–Trinajstić information content (AvgIpc) is 3.25. The molecule has 1 fully saturated rings. The Morgan fingerprint density at radius 3 is 2.66 bits per heavy atom. The van der Waals surface area contributed by atoms with E-state index in [1.54, 1.807) is 12.1 Å². The molecule has 1 aliphatic heterocycles. The molecule has 1 atom stereocenters. The van der Waals surface area contributed by atoms with Gasteiger partial charge in [-0.2, -0.15) is 5.26 Å². The summed E-state index contributed by atoms with van der Waals surface area (Å²) in [6.07, 6.45) is 4.33. The molecule has 1 saturated heterocycles. The van der Waals surface area contributed by atoms with Gasteiger partial charge in [0.25, 0.3) is 0 Å². The summed E-state index contributed by atoms with van der Waals surface area (Å²) in [5, 5.41) is 9.89. The zero-order valence-electron chi connectivity index (χ0n) is 17.9. The van der Waals surface area contributed by atoms with Gasteiger partial charge in [-0.15, -0.1) is 0 Å². The number of unbranched alkanes of at least 4 members (excludes halogenated alkanes) is 2. The molecule has 0 N–H and O–H groups in total. The van der Waals surface area contributed by atoms with Crippen molar-refractivity contribution < 1.29 is 9.18 Å². The molecule has 1 aliphatic rings. The molecule has 1 heterocycles. The van der Waals surface area contributed by atoms with Gasteiger partial charge >= 0.3 is 0 Å². The molecule has 0 radical (unpaired) electrons. The van der Waals surface area contributed by atoms with E-state index < -0.39 is 5.82 Å². The Labute approximate surface area is 203 Å². The van der Waals surface area contributed by atoms with Crippen molar-refractivity contribution in [1.29, 1.82) is 5.26 Å². The van der Waals surface area contributed by atoms with Gasteiger partial charge in [0, 0.05) is 42.8 Å². The molecule has 0 unspecified atom stereocenters. The van der Waals surface area contributed by atoms with Gasteiger partial charge in [-0.3, -0.25) is 4.79 Å². The Kier molecular flexibility index (Phi) is 8.64. The molecule has 1 amide bonds. The van der Waals surface area contributed by atoms with Crippen molar-refractivity contribution in [3.8, 4) is 6.07 Å². The largest absolute Gasteiger partial charge is 0.362 e. The van der Waals surface area contributed by atoms with Gasteiger partial charge in [0.2, 0.25) is 5.91 Å². The van der Waals surface area contributed by atoms with Crippen LogP contribution in [-0.4, -0.2) is 29.9 Å². The normalized spacial score (nSPS) is 15.6. The second-order valence-corrected chi connectivity index (χ2v) is 9.22. The van der Waals surface area contributed by atoms with E-state index in [0.29, 0.717) is 47.2 Å². The summed E-state index contributed by atoms with van der Waals surface area (Å²) in [6.45, 7) is 3.66. The molecular formula is C24H25Cl3FN3O. The van der Waals surface area contributed by atoms with Crippen molar-refractivity contribution >= 4 is 46.4 Å². The molecule has 32 heavy (non-hydrogen) atoms. The van der Waals surface area contributed by atoms with E-state index in [9.17, 15) is 14.4 Å². The Bertz CT molecular complexity index is 1020. The zero-order valence-corrected chi connectivity index (χ0v) is 20.2. The lowest BCUT2D eigenvalue weighted by molar-refractivity contribution is -0.130. The monoisotopic (exact) mass is 495 g/mol. The molecule has 4 nitrogen and oxygen atoms in total. The van der Waals surface area contributed by atoms with Crippen molar-refractivity contribution in [3.05, 3.63) is 62.3 Å². The smallest absolute Gasteiger partial charge is 0.222 e. The van der Waals surface area contributed by atoms with Crippen molar-refractivity contribution in [3.63, 3.8) is 0 Å². The number of benzene rings is 2. The topological polar surface area (TPSA) is 47.3 Å². The molecule has 170 valence electrons. The first-order valence-corrected chi connectivity index (χ1v) is 11.8. The SMILES string of the molecule is CCCCCC(=O)N1CC[C@H](N(Cc2cc(F)c(Cl)cc2Cl)c2ccc(C#N)c(Cl)c2)C1. The lowest BCUT2D eigenvalue weighted by Gasteiger charge is -2.32. The van der Waals surface area contributed by atoms with Gasteiger partial charge in [0.05, 0.1) is 15.6 Å². The van der Waals surface area contributed by atoms with Gasteiger partial charge in [-0.05, 0) is 48.7 Å². The van der Waals surface area contributed by atoms with Crippen molar-refractivity contribution in [2.24, 2.45) is 0 Å². The maximum atomic E-state index is 14.1. The average molecular weight is 497 g/mol. The number of nitriles is 1. The maximum Gasteiger partial charge on any atom is 0.222 e. The summed E-state index contributed by atoms with van der Waals surface area (Å²) in [6, 6.07) is 10.0. The Balaban J connectivity index is 1.86. The van der Waals surface area contributed by atoms with Crippen LogP contribution in [0.25, 0.3) is 0 Å². The third kappa shape index (κ3) is 5.86.